The molecule has 0 bridgehead atoms. The van der Waals surface area contributed by atoms with Crippen LogP contribution in [-0.2, 0) is 0 Å². The molecule has 0 aromatic heterocycles. The van der Waals surface area contributed by atoms with Crippen LogP contribution in [0.1, 0.15) is 53.9 Å². The van der Waals surface area contributed by atoms with Crippen molar-refractivity contribution in [2.75, 3.05) is 0 Å². The molecule has 1 fully saturated rings. The second kappa shape index (κ2) is 2.47. The summed E-state index contributed by atoms with van der Waals surface area (Å²) in [4.78, 5) is 0. The first-order valence-electron chi connectivity index (χ1n) is 5.01. The van der Waals surface area contributed by atoms with Gasteiger partial charge in [-0.15, -0.1) is 0 Å². The van der Waals surface area contributed by atoms with Crippen molar-refractivity contribution in [3.05, 3.63) is 0 Å². The lowest BCUT2D eigenvalue weighted by Gasteiger charge is -2.26. The van der Waals surface area contributed by atoms with Gasteiger partial charge >= 0.3 is 0 Å². The fourth-order valence-corrected chi connectivity index (χ4v) is 2.65. The normalized spacial score (nSPS) is 41.5. The van der Waals surface area contributed by atoms with Gasteiger partial charge in [0, 0.05) is 5.54 Å². The molecular weight excluding hydrogens is 146 g/mol. The van der Waals surface area contributed by atoms with Crippen LogP contribution in [0.5, 0.6) is 0 Å². The highest BCUT2D eigenvalue weighted by Gasteiger charge is 2.59. The van der Waals surface area contributed by atoms with Gasteiger partial charge in [0.15, 0.2) is 0 Å². The van der Waals surface area contributed by atoms with Crippen LogP contribution >= 0.6 is 0 Å². The standard InChI is InChI=1S/C11H23N/c1-6-10(4)8-11(10,5)7-9(2,3)12/h6-8,12H2,1-5H3. The molecule has 1 nitrogen and oxygen atoms in total. The van der Waals surface area contributed by atoms with E-state index >= 15 is 0 Å². The van der Waals surface area contributed by atoms with Crippen molar-refractivity contribution in [3.63, 3.8) is 0 Å². The van der Waals surface area contributed by atoms with Crippen LogP contribution in [0, 0.1) is 10.8 Å². The zero-order valence-electron chi connectivity index (χ0n) is 9.20. The van der Waals surface area contributed by atoms with Crippen LogP contribution in [-0.4, -0.2) is 5.54 Å². The predicted molar refractivity (Wildman–Crippen MR) is 54.0 cm³/mol. The second-order valence-corrected chi connectivity index (χ2v) is 5.82. The summed E-state index contributed by atoms with van der Waals surface area (Å²) in [6.07, 6.45) is 3.81. The fourth-order valence-electron chi connectivity index (χ4n) is 2.65. The summed E-state index contributed by atoms with van der Waals surface area (Å²) in [6.45, 7) is 11.3. The van der Waals surface area contributed by atoms with Crippen LogP contribution in [0.4, 0.5) is 0 Å². The summed E-state index contributed by atoms with van der Waals surface area (Å²) in [6, 6.07) is 0. The average molecular weight is 169 g/mol. The Morgan fingerprint density at radius 3 is 2.00 bits per heavy atom. The van der Waals surface area contributed by atoms with E-state index < -0.39 is 0 Å². The molecule has 12 heavy (non-hydrogen) atoms. The minimum atomic E-state index is 0.00167. The van der Waals surface area contributed by atoms with E-state index in [1.54, 1.807) is 0 Å². The zero-order chi connectivity index (χ0) is 9.62. The Bertz CT molecular complexity index is 180. The highest BCUT2D eigenvalue weighted by molar-refractivity contribution is 5.10. The molecular formula is C11H23N. The molecule has 1 aliphatic rings. The van der Waals surface area contributed by atoms with E-state index in [-0.39, 0.29) is 5.54 Å². The van der Waals surface area contributed by atoms with Crippen molar-refractivity contribution in [2.24, 2.45) is 16.6 Å². The summed E-state index contributed by atoms with van der Waals surface area (Å²) >= 11 is 0. The molecule has 0 aromatic rings. The van der Waals surface area contributed by atoms with Crippen LogP contribution in [0.2, 0.25) is 0 Å². The Hall–Kier alpha value is -0.0400. The van der Waals surface area contributed by atoms with E-state index in [0.29, 0.717) is 10.8 Å². The molecule has 1 rings (SSSR count). The number of hydrogen-bond donors (Lipinski definition) is 1. The molecule has 1 aliphatic carbocycles. The van der Waals surface area contributed by atoms with Gasteiger partial charge in [-0.2, -0.15) is 0 Å². The Morgan fingerprint density at radius 2 is 1.75 bits per heavy atom. The van der Waals surface area contributed by atoms with Crippen LogP contribution < -0.4 is 5.73 Å². The third-order valence-electron chi connectivity index (χ3n) is 3.74. The van der Waals surface area contributed by atoms with Crippen LogP contribution in [0.15, 0.2) is 0 Å². The maximum atomic E-state index is 6.04. The SMILES string of the molecule is CCC1(C)CC1(C)CC(C)(C)N. The van der Waals surface area contributed by atoms with Crippen molar-refractivity contribution in [1.82, 2.24) is 0 Å². The largest absolute Gasteiger partial charge is 0.326 e. The van der Waals surface area contributed by atoms with E-state index in [4.69, 9.17) is 5.73 Å². The third-order valence-corrected chi connectivity index (χ3v) is 3.74. The smallest absolute Gasteiger partial charge is 0.0102 e. The molecule has 0 heterocycles. The monoisotopic (exact) mass is 169 g/mol. The Morgan fingerprint density at radius 1 is 1.25 bits per heavy atom. The quantitative estimate of drug-likeness (QED) is 0.690. The number of hydrogen-bond acceptors (Lipinski definition) is 1. The number of rotatable bonds is 3. The number of nitrogens with two attached hydrogens (primary N) is 1. The lowest BCUT2D eigenvalue weighted by Crippen LogP contribution is -2.35. The molecule has 72 valence electrons. The topological polar surface area (TPSA) is 26.0 Å². The molecule has 0 amide bonds. The predicted octanol–water partition coefficient (Wildman–Crippen LogP) is 2.94. The van der Waals surface area contributed by atoms with E-state index in [1.165, 1.54) is 12.8 Å². The summed E-state index contributed by atoms with van der Waals surface area (Å²) in [5, 5.41) is 0. The van der Waals surface area contributed by atoms with Gasteiger partial charge < -0.3 is 5.73 Å². The first kappa shape index (κ1) is 10.0. The molecule has 0 saturated heterocycles. The highest BCUT2D eigenvalue weighted by Crippen LogP contribution is 2.68. The summed E-state index contributed by atoms with van der Waals surface area (Å²) in [5.41, 5.74) is 7.13. The summed E-state index contributed by atoms with van der Waals surface area (Å²) in [5.74, 6) is 0. The van der Waals surface area contributed by atoms with Gasteiger partial charge in [-0.3, -0.25) is 0 Å². The lowest BCUT2D eigenvalue weighted by atomic mass is 9.83. The maximum Gasteiger partial charge on any atom is 0.0102 e. The Kier molecular flexibility index (Phi) is 2.07. The Balaban J connectivity index is 2.57. The Labute approximate surface area is 76.7 Å². The van der Waals surface area contributed by atoms with E-state index in [9.17, 15) is 0 Å². The minimum Gasteiger partial charge on any atom is -0.326 e. The summed E-state index contributed by atoms with van der Waals surface area (Å²) < 4.78 is 0. The van der Waals surface area contributed by atoms with Crippen molar-refractivity contribution in [1.29, 1.82) is 0 Å². The average Bonchev–Trinajstić information content (AvgIpc) is 2.31. The van der Waals surface area contributed by atoms with Crippen molar-refractivity contribution in [2.45, 2.75) is 59.4 Å². The molecule has 1 saturated carbocycles. The molecule has 1 heteroatoms. The zero-order valence-corrected chi connectivity index (χ0v) is 9.20. The van der Waals surface area contributed by atoms with Gasteiger partial charge in [-0.1, -0.05) is 27.2 Å². The molecule has 0 radical (unpaired) electrons. The fraction of sp³-hybridized carbons (Fsp3) is 1.00. The van der Waals surface area contributed by atoms with Crippen molar-refractivity contribution in [3.8, 4) is 0 Å². The molecule has 0 spiro atoms. The lowest BCUT2D eigenvalue weighted by molar-refractivity contribution is 0.288. The molecule has 2 atom stereocenters. The first-order chi connectivity index (χ1) is 5.22. The highest BCUT2D eigenvalue weighted by atomic mass is 14.8. The maximum absolute atomic E-state index is 6.04. The van der Waals surface area contributed by atoms with Crippen molar-refractivity contribution >= 4 is 0 Å². The van der Waals surface area contributed by atoms with Gasteiger partial charge in [0.2, 0.25) is 0 Å². The van der Waals surface area contributed by atoms with Gasteiger partial charge in [0.1, 0.15) is 0 Å². The molecule has 0 aromatic carbocycles. The van der Waals surface area contributed by atoms with E-state index in [2.05, 4.69) is 34.6 Å². The minimum absolute atomic E-state index is 0.00167. The molecule has 2 N–H and O–H groups in total. The van der Waals surface area contributed by atoms with Gasteiger partial charge in [0.05, 0.1) is 0 Å². The summed E-state index contributed by atoms with van der Waals surface area (Å²) in [7, 11) is 0. The van der Waals surface area contributed by atoms with E-state index in [0.717, 1.165) is 6.42 Å². The molecule has 2 unspecified atom stereocenters. The van der Waals surface area contributed by atoms with E-state index in [1.807, 2.05) is 0 Å². The molecule has 0 aliphatic heterocycles. The first-order valence-corrected chi connectivity index (χ1v) is 5.01. The van der Waals surface area contributed by atoms with Gasteiger partial charge in [0.25, 0.3) is 0 Å². The van der Waals surface area contributed by atoms with Crippen LogP contribution in [0.25, 0.3) is 0 Å². The second-order valence-electron chi connectivity index (χ2n) is 5.82. The third kappa shape index (κ3) is 1.66. The van der Waals surface area contributed by atoms with Gasteiger partial charge in [-0.25, -0.2) is 0 Å². The van der Waals surface area contributed by atoms with Gasteiger partial charge in [-0.05, 0) is 37.5 Å². The van der Waals surface area contributed by atoms with Crippen molar-refractivity contribution < 1.29 is 0 Å². The van der Waals surface area contributed by atoms with Crippen LogP contribution in [0.3, 0.4) is 0 Å².